The Bertz CT molecular complexity index is 388. The molecular weight excluding hydrogens is 284 g/mol. The largest absolute Gasteiger partial charge is 0.381 e. The van der Waals surface area contributed by atoms with E-state index in [-0.39, 0.29) is 0 Å². The first-order chi connectivity index (χ1) is 8.22. The number of nitrogens with one attached hydrogen (secondary N) is 2. The van der Waals surface area contributed by atoms with Crippen LogP contribution in [0, 0.1) is 5.92 Å². The van der Waals surface area contributed by atoms with Gasteiger partial charge in [0.25, 0.3) is 0 Å². The van der Waals surface area contributed by atoms with E-state index in [1.807, 2.05) is 7.05 Å². The van der Waals surface area contributed by atoms with Crippen LogP contribution < -0.4 is 10.6 Å². The van der Waals surface area contributed by atoms with Crippen LogP contribution >= 0.6 is 15.9 Å². The number of nitrogens with zero attached hydrogens (tertiary/aromatic N) is 2. The van der Waals surface area contributed by atoms with Crippen LogP contribution in [-0.4, -0.2) is 36.3 Å². The molecule has 1 aliphatic heterocycles. The second-order valence-corrected chi connectivity index (χ2v) is 5.02. The standard InChI is InChI=1S/C11H17BrN4O/c1-7-5-17-4-3-8(7)16-11-9(12)10(13-2)14-6-15-11/h6-8H,3-5H2,1-2H3,(H2,13,14,15,16). The highest BCUT2D eigenvalue weighted by Crippen LogP contribution is 2.28. The Morgan fingerprint density at radius 1 is 1.41 bits per heavy atom. The van der Waals surface area contributed by atoms with Crippen LogP contribution in [0.2, 0.25) is 0 Å². The molecule has 0 aromatic carbocycles. The summed E-state index contributed by atoms with van der Waals surface area (Å²) in [5.41, 5.74) is 0. The summed E-state index contributed by atoms with van der Waals surface area (Å²) in [5, 5.41) is 6.48. The van der Waals surface area contributed by atoms with Crippen LogP contribution in [0.4, 0.5) is 11.6 Å². The summed E-state index contributed by atoms with van der Waals surface area (Å²) in [7, 11) is 1.84. The molecule has 0 radical (unpaired) electrons. The highest BCUT2D eigenvalue weighted by Gasteiger charge is 2.23. The minimum absolute atomic E-state index is 0.402. The fourth-order valence-corrected chi connectivity index (χ4v) is 2.43. The zero-order valence-electron chi connectivity index (χ0n) is 10.0. The molecule has 2 unspecified atom stereocenters. The Labute approximate surface area is 110 Å². The van der Waals surface area contributed by atoms with E-state index in [1.165, 1.54) is 0 Å². The predicted octanol–water partition coefficient (Wildman–Crippen LogP) is 2.12. The molecule has 1 aliphatic rings. The maximum Gasteiger partial charge on any atom is 0.146 e. The lowest BCUT2D eigenvalue weighted by atomic mass is 9.98. The number of anilines is 2. The molecule has 2 atom stereocenters. The predicted molar refractivity (Wildman–Crippen MR) is 71.3 cm³/mol. The minimum atomic E-state index is 0.402. The normalized spacial score (nSPS) is 24.4. The summed E-state index contributed by atoms with van der Waals surface area (Å²) >= 11 is 3.51. The SMILES string of the molecule is CNc1ncnc(NC2CCOCC2C)c1Br. The van der Waals surface area contributed by atoms with Gasteiger partial charge in [-0.25, -0.2) is 9.97 Å². The number of aromatic nitrogens is 2. The fraction of sp³-hybridized carbons (Fsp3) is 0.636. The Morgan fingerprint density at radius 2 is 2.18 bits per heavy atom. The zero-order valence-corrected chi connectivity index (χ0v) is 11.6. The molecule has 6 heteroatoms. The van der Waals surface area contributed by atoms with Gasteiger partial charge in [0.2, 0.25) is 0 Å². The van der Waals surface area contributed by atoms with E-state index in [9.17, 15) is 0 Å². The van der Waals surface area contributed by atoms with Crippen LogP contribution in [0.5, 0.6) is 0 Å². The van der Waals surface area contributed by atoms with Gasteiger partial charge in [0.15, 0.2) is 0 Å². The first-order valence-electron chi connectivity index (χ1n) is 5.75. The van der Waals surface area contributed by atoms with Gasteiger partial charge in [-0.05, 0) is 28.3 Å². The van der Waals surface area contributed by atoms with Crippen molar-refractivity contribution in [3.8, 4) is 0 Å². The van der Waals surface area contributed by atoms with Gasteiger partial charge >= 0.3 is 0 Å². The van der Waals surface area contributed by atoms with Crippen molar-refractivity contribution in [1.29, 1.82) is 0 Å². The first-order valence-corrected chi connectivity index (χ1v) is 6.54. The molecule has 94 valence electrons. The Kier molecular flexibility index (Phi) is 4.17. The average molecular weight is 301 g/mol. The Balaban J connectivity index is 2.12. The second kappa shape index (κ2) is 5.64. The second-order valence-electron chi connectivity index (χ2n) is 4.23. The summed E-state index contributed by atoms with van der Waals surface area (Å²) in [5.74, 6) is 2.12. The highest BCUT2D eigenvalue weighted by atomic mass is 79.9. The van der Waals surface area contributed by atoms with E-state index in [4.69, 9.17) is 4.74 Å². The van der Waals surface area contributed by atoms with E-state index in [2.05, 4.69) is 43.5 Å². The van der Waals surface area contributed by atoms with Crippen molar-refractivity contribution in [2.45, 2.75) is 19.4 Å². The maximum atomic E-state index is 5.43. The molecule has 0 amide bonds. The van der Waals surface area contributed by atoms with Gasteiger partial charge in [0.05, 0.1) is 6.61 Å². The van der Waals surface area contributed by atoms with Crippen LogP contribution in [0.3, 0.4) is 0 Å². The van der Waals surface area contributed by atoms with Crippen LogP contribution in [0.15, 0.2) is 10.8 Å². The van der Waals surface area contributed by atoms with E-state index in [0.717, 1.165) is 35.7 Å². The average Bonchev–Trinajstić information content (AvgIpc) is 2.34. The quantitative estimate of drug-likeness (QED) is 0.895. The van der Waals surface area contributed by atoms with Crippen molar-refractivity contribution in [3.05, 3.63) is 10.8 Å². The molecule has 0 aliphatic carbocycles. The van der Waals surface area contributed by atoms with E-state index >= 15 is 0 Å². The molecule has 2 heterocycles. The van der Waals surface area contributed by atoms with Gasteiger partial charge in [-0.1, -0.05) is 6.92 Å². The first kappa shape index (κ1) is 12.6. The topological polar surface area (TPSA) is 59.1 Å². The van der Waals surface area contributed by atoms with Crippen molar-refractivity contribution in [3.63, 3.8) is 0 Å². The Morgan fingerprint density at radius 3 is 2.88 bits per heavy atom. The molecule has 1 fully saturated rings. The summed E-state index contributed by atoms with van der Waals surface area (Å²) in [6.07, 6.45) is 2.56. The maximum absolute atomic E-state index is 5.43. The molecule has 2 N–H and O–H groups in total. The molecule has 1 aromatic rings. The molecule has 1 aromatic heterocycles. The minimum Gasteiger partial charge on any atom is -0.381 e. The van der Waals surface area contributed by atoms with Crippen molar-refractivity contribution >= 4 is 27.6 Å². The lowest BCUT2D eigenvalue weighted by Gasteiger charge is -2.30. The number of halogens is 1. The lowest BCUT2D eigenvalue weighted by molar-refractivity contribution is 0.0537. The molecule has 17 heavy (non-hydrogen) atoms. The summed E-state index contributed by atoms with van der Waals surface area (Å²) in [4.78, 5) is 8.40. The molecule has 0 bridgehead atoms. The van der Waals surface area contributed by atoms with Crippen molar-refractivity contribution < 1.29 is 4.74 Å². The van der Waals surface area contributed by atoms with Crippen molar-refractivity contribution in [2.75, 3.05) is 30.9 Å². The molecule has 5 nitrogen and oxygen atoms in total. The number of hydrogen-bond acceptors (Lipinski definition) is 5. The fourth-order valence-electron chi connectivity index (χ4n) is 1.91. The van der Waals surface area contributed by atoms with E-state index in [0.29, 0.717) is 12.0 Å². The monoisotopic (exact) mass is 300 g/mol. The summed E-state index contributed by atoms with van der Waals surface area (Å²) in [6, 6.07) is 0.402. The summed E-state index contributed by atoms with van der Waals surface area (Å²) < 4.78 is 6.30. The molecule has 2 rings (SSSR count). The summed E-state index contributed by atoms with van der Waals surface area (Å²) in [6.45, 7) is 3.80. The van der Waals surface area contributed by atoms with Gasteiger partial charge in [0, 0.05) is 19.7 Å². The number of rotatable bonds is 3. The molecule has 0 saturated carbocycles. The third-order valence-electron chi connectivity index (χ3n) is 2.99. The van der Waals surface area contributed by atoms with Gasteiger partial charge in [0.1, 0.15) is 22.4 Å². The third-order valence-corrected chi connectivity index (χ3v) is 3.74. The lowest BCUT2D eigenvalue weighted by Crippen LogP contribution is -2.36. The zero-order chi connectivity index (χ0) is 12.3. The highest BCUT2D eigenvalue weighted by molar-refractivity contribution is 9.10. The van der Waals surface area contributed by atoms with Gasteiger partial charge in [-0.3, -0.25) is 0 Å². The smallest absolute Gasteiger partial charge is 0.146 e. The van der Waals surface area contributed by atoms with Gasteiger partial charge < -0.3 is 15.4 Å². The number of ether oxygens (including phenoxy) is 1. The third kappa shape index (κ3) is 2.87. The van der Waals surface area contributed by atoms with Crippen LogP contribution in [0.25, 0.3) is 0 Å². The molecule has 0 spiro atoms. The van der Waals surface area contributed by atoms with Crippen molar-refractivity contribution in [1.82, 2.24) is 9.97 Å². The molecule has 1 saturated heterocycles. The molecular formula is C11H17BrN4O. The van der Waals surface area contributed by atoms with E-state index in [1.54, 1.807) is 6.33 Å². The van der Waals surface area contributed by atoms with Crippen LogP contribution in [0.1, 0.15) is 13.3 Å². The van der Waals surface area contributed by atoms with Gasteiger partial charge in [-0.15, -0.1) is 0 Å². The van der Waals surface area contributed by atoms with Crippen molar-refractivity contribution in [2.24, 2.45) is 5.92 Å². The number of hydrogen-bond donors (Lipinski definition) is 2. The van der Waals surface area contributed by atoms with Crippen LogP contribution in [-0.2, 0) is 4.74 Å². The van der Waals surface area contributed by atoms with Gasteiger partial charge in [-0.2, -0.15) is 0 Å². The van der Waals surface area contributed by atoms with E-state index < -0.39 is 0 Å². The Hall–Kier alpha value is -0.880.